The van der Waals surface area contributed by atoms with Gasteiger partial charge in [0.25, 0.3) is 0 Å². The Morgan fingerprint density at radius 2 is 1.74 bits per heavy atom. The number of aliphatic hydroxyl groups is 3. The molecule has 4 fully saturated rings. The third kappa shape index (κ3) is 4.50. The second-order valence-corrected chi connectivity index (χ2v) is 14.3. The lowest BCUT2D eigenvalue weighted by Crippen LogP contribution is -2.69. The molecule has 0 amide bonds. The lowest BCUT2D eigenvalue weighted by molar-refractivity contribution is -0.269. The highest BCUT2D eigenvalue weighted by Gasteiger charge is 2.68. The predicted molar refractivity (Wildman–Crippen MR) is 137 cm³/mol. The molecular formula is C30H52O5. The summed E-state index contributed by atoms with van der Waals surface area (Å²) < 4.78 is 5.85. The van der Waals surface area contributed by atoms with Crippen molar-refractivity contribution in [2.45, 2.75) is 136 Å². The summed E-state index contributed by atoms with van der Waals surface area (Å²) in [5.74, 6) is 2.70. The molecule has 0 radical (unpaired) electrons. The zero-order valence-electron chi connectivity index (χ0n) is 23.3. The van der Waals surface area contributed by atoms with Crippen molar-refractivity contribution in [3.8, 4) is 0 Å². The number of hydrogen-bond acceptors (Lipinski definition) is 5. The molecule has 4 rings (SSSR count). The number of ether oxygens (including phenoxy) is 1. The minimum Gasteiger partial charge on any atom is -0.459 e. The second kappa shape index (κ2) is 9.27. The standard InChI is InChI=1S/C30H52O5/c1-18(8-9-19(2)27(4,5)33)23-10-11-24-22-16-26(35-20(3)31)30(34)17-21(32)12-15-29(30,7)25(22)13-14-28(23,24)6/h18-19,21-26,32-34H,8-17H2,1-7H3/t18-,19+,21+,22+,23-,24+,25+,26-,28-,29-,30+/m1/s1. The van der Waals surface area contributed by atoms with Gasteiger partial charge in [-0.05, 0) is 106 Å². The molecule has 0 aromatic rings. The molecule has 5 heteroatoms. The van der Waals surface area contributed by atoms with Crippen LogP contribution in [-0.2, 0) is 9.53 Å². The Kier molecular flexibility index (Phi) is 7.26. The molecule has 35 heavy (non-hydrogen) atoms. The van der Waals surface area contributed by atoms with E-state index in [1.54, 1.807) is 0 Å². The number of fused-ring (bicyclic) bond motifs is 5. The van der Waals surface area contributed by atoms with Crippen LogP contribution in [0.2, 0.25) is 0 Å². The number of carbonyl (C=O) groups excluding carboxylic acids is 1. The second-order valence-electron chi connectivity index (χ2n) is 14.3. The van der Waals surface area contributed by atoms with Crippen LogP contribution in [0.4, 0.5) is 0 Å². The van der Waals surface area contributed by atoms with Crippen molar-refractivity contribution in [2.24, 2.45) is 46.3 Å². The molecule has 0 aromatic carbocycles. The van der Waals surface area contributed by atoms with E-state index in [-0.39, 0.29) is 22.7 Å². The third-order valence-corrected chi connectivity index (χ3v) is 12.1. The number of hydrogen-bond donors (Lipinski definition) is 3. The number of carbonyl (C=O) groups is 1. The first kappa shape index (κ1) is 27.4. The lowest BCUT2D eigenvalue weighted by Gasteiger charge is -2.65. The van der Waals surface area contributed by atoms with Crippen LogP contribution < -0.4 is 0 Å². The van der Waals surface area contributed by atoms with E-state index in [4.69, 9.17) is 4.74 Å². The third-order valence-electron chi connectivity index (χ3n) is 12.1. The molecule has 0 unspecified atom stereocenters. The average Bonchev–Trinajstić information content (AvgIpc) is 3.10. The zero-order chi connectivity index (χ0) is 26.0. The Labute approximate surface area is 213 Å². The predicted octanol–water partition coefficient (Wildman–Crippen LogP) is 5.49. The summed E-state index contributed by atoms with van der Waals surface area (Å²) in [6.45, 7) is 14.6. The highest BCUT2D eigenvalue weighted by molar-refractivity contribution is 5.66. The maximum absolute atomic E-state index is 12.1. The molecule has 4 saturated carbocycles. The van der Waals surface area contributed by atoms with E-state index in [2.05, 4.69) is 27.7 Å². The van der Waals surface area contributed by atoms with Gasteiger partial charge in [0.15, 0.2) is 0 Å². The van der Waals surface area contributed by atoms with Gasteiger partial charge in [0.05, 0.1) is 11.7 Å². The SMILES string of the molecule is CC(=O)O[C@@H]1C[C@H]2[C@@H]3CC[C@H]([C@H](C)CC[C@H](C)C(C)(C)O)[C@@]3(C)CC[C@@H]2[C@@]2(C)CC[C@H](O)C[C@]12O. The van der Waals surface area contributed by atoms with E-state index in [0.29, 0.717) is 36.0 Å². The lowest BCUT2D eigenvalue weighted by atomic mass is 9.42. The Morgan fingerprint density at radius 3 is 2.37 bits per heavy atom. The minimum absolute atomic E-state index is 0.277. The molecule has 0 spiro atoms. The van der Waals surface area contributed by atoms with Crippen LogP contribution in [0.3, 0.4) is 0 Å². The Bertz CT molecular complexity index is 790. The van der Waals surface area contributed by atoms with Crippen molar-refractivity contribution in [3.63, 3.8) is 0 Å². The Hall–Kier alpha value is -0.650. The highest BCUT2D eigenvalue weighted by atomic mass is 16.6. The highest BCUT2D eigenvalue weighted by Crippen LogP contribution is 2.69. The molecule has 0 aliphatic heterocycles. The topological polar surface area (TPSA) is 87.0 Å². The van der Waals surface area contributed by atoms with Gasteiger partial charge in [0.1, 0.15) is 11.7 Å². The molecule has 0 heterocycles. The van der Waals surface area contributed by atoms with Crippen LogP contribution in [0.15, 0.2) is 0 Å². The molecule has 0 saturated heterocycles. The van der Waals surface area contributed by atoms with Gasteiger partial charge in [-0.3, -0.25) is 4.79 Å². The van der Waals surface area contributed by atoms with E-state index in [1.807, 2.05) is 13.8 Å². The van der Waals surface area contributed by atoms with E-state index < -0.39 is 23.4 Å². The molecule has 3 N–H and O–H groups in total. The fourth-order valence-electron chi connectivity index (χ4n) is 9.62. The van der Waals surface area contributed by atoms with Gasteiger partial charge in [0.2, 0.25) is 0 Å². The van der Waals surface area contributed by atoms with E-state index in [1.165, 1.54) is 26.2 Å². The molecule has 0 aromatic heterocycles. The van der Waals surface area contributed by atoms with Crippen LogP contribution in [0, 0.1) is 46.3 Å². The molecule has 0 bridgehead atoms. The summed E-state index contributed by atoms with van der Waals surface area (Å²) in [5, 5.41) is 32.9. The quantitative estimate of drug-likeness (QED) is 0.427. The average molecular weight is 493 g/mol. The molecule has 4 aliphatic carbocycles. The van der Waals surface area contributed by atoms with Gasteiger partial charge in [0, 0.05) is 18.8 Å². The van der Waals surface area contributed by atoms with Gasteiger partial charge in [-0.25, -0.2) is 0 Å². The molecule has 4 aliphatic rings. The number of aliphatic hydroxyl groups excluding tert-OH is 1. The zero-order valence-corrected chi connectivity index (χ0v) is 23.3. The molecule has 5 nitrogen and oxygen atoms in total. The molecule has 202 valence electrons. The fourth-order valence-corrected chi connectivity index (χ4v) is 9.62. The van der Waals surface area contributed by atoms with Crippen molar-refractivity contribution < 1.29 is 24.9 Å². The van der Waals surface area contributed by atoms with Crippen LogP contribution >= 0.6 is 0 Å². The van der Waals surface area contributed by atoms with E-state index in [0.717, 1.165) is 38.5 Å². The van der Waals surface area contributed by atoms with Gasteiger partial charge in [-0.15, -0.1) is 0 Å². The van der Waals surface area contributed by atoms with Crippen molar-refractivity contribution in [3.05, 3.63) is 0 Å². The summed E-state index contributed by atoms with van der Waals surface area (Å²) in [6, 6.07) is 0. The maximum atomic E-state index is 12.1. The monoisotopic (exact) mass is 492 g/mol. The van der Waals surface area contributed by atoms with E-state index >= 15 is 0 Å². The Balaban J connectivity index is 1.57. The van der Waals surface area contributed by atoms with Gasteiger partial charge in [-0.2, -0.15) is 0 Å². The fraction of sp³-hybridized carbons (Fsp3) is 0.967. The van der Waals surface area contributed by atoms with Crippen LogP contribution in [-0.4, -0.2) is 44.7 Å². The van der Waals surface area contributed by atoms with Crippen LogP contribution in [0.1, 0.15) is 113 Å². The van der Waals surface area contributed by atoms with Crippen molar-refractivity contribution in [1.82, 2.24) is 0 Å². The van der Waals surface area contributed by atoms with Gasteiger partial charge in [-0.1, -0.05) is 34.1 Å². The number of rotatable bonds is 6. The first-order valence-electron chi connectivity index (χ1n) is 14.4. The van der Waals surface area contributed by atoms with Crippen LogP contribution in [0.25, 0.3) is 0 Å². The minimum atomic E-state index is -1.15. The van der Waals surface area contributed by atoms with Crippen molar-refractivity contribution in [1.29, 1.82) is 0 Å². The van der Waals surface area contributed by atoms with Gasteiger partial charge < -0.3 is 20.1 Å². The molecular weight excluding hydrogens is 440 g/mol. The summed E-state index contributed by atoms with van der Waals surface area (Å²) in [6.07, 6.45) is 8.46. The van der Waals surface area contributed by atoms with Crippen molar-refractivity contribution in [2.75, 3.05) is 0 Å². The van der Waals surface area contributed by atoms with Crippen LogP contribution in [0.5, 0.6) is 0 Å². The van der Waals surface area contributed by atoms with Gasteiger partial charge >= 0.3 is 5.97 Å². The summed E-state index contributed by atoms with van der Waals surface area (Å²) in [5.41, 5.74) is -1.83. The van der Waals surface area contributed by atoms with Crippen molar-refractivity contribution >= 4 is 5.97 Å². The summed E-state index contributed by atoms with van der Waals surface area (Å²) >= 11 is 0. The summed E-state index contributed by atoms with van der Waals surface area (Å²) in [7, 11) is 0. The molecule has 11 atom stereocenters. The smallest absolute Gasteiger partial charge is 0.303 e. The first-order valence-corrected chi connectivity index (χ1v) is 14.4. The number of esters is 1. The Morgan fingerprint density at radius 1 is 1.06 bits per heavy atom. The summed E-state index contributed by atoms with van der Waals surface area (Å²) in [4.78, 5) is 12.1. The largest absolute Gasteiger partial charge is 0.459 e. The maximum Gasteiger partial charge on any atom is 0.303 e. The van der Waals surface area contributed by atoms with E-state index in [9.17, 15) is 20.1 Å². The first-order chi connectivity index (χ1) is 16.1. The normalized spacial score (nSPS) is 47.3.